The molecule has 0 unspecified atom stereocenters. The van der Waals surface area contributed by atoms with Crippen LogP contribution in [0.1, 0.15) is 20.3 Å². The lowest BCUT2D eigenvalue weighted by molar-refractivity contribution is -0.867. The first-order valence-electron chi connectivity index (χ1n) is 5.36. The standard InChI is InChI=1S/C10H24ClN2O2S/c1-10(2,12-11)6-8-16(14,15)9-7-13(3,4)5/h12H,6-9H2,1-5H3/q+1. The molecule has 0 aromatic rings. The third kappa shape index (κ3) is 8.33. The average Bonchev–Trinajstić information content (AvgIpc) is 2.12. The van der Waals surface area contributed by atoms with Crippen molar-refractivity contribution in [2.75, 3.05) is 39.2 Å². The molecule has 0 spiro atoms. The molecule has 0 rings (SSSR count). The smallest absolute Gasteiger partial charge is 0.155 e. The quantitative estimate of drug-likeness (QED) is 0.556. The Hall–Kier alpha value is 0.160. The van der Waals surface area contributed by atoms with Crippen LogP contribution in [0.25, 0.3) is 0 Å². The van der Waals surface area contributed by atoms with E-state index in [2.05, 4.69) is 4.84 Å². The molecule has 16 heavy (non-hydrogen) atoms. The van der Waals surface area contributed by atoms with Gasteiger partial charge in [0.15, 0.2) is 9.84 Å². The number of hydrogen-bond donors (Lipinski definition) is 1. The molecule has 0 aliphatic heterocycles. The summed E-state index contributed by atoms with van der Waals surface area (Å²) in [5, 5.41) is 0. The predicted octanol–water partition coefficient (Wildman–Crippen LogP) is 1.02. The maximum Gasteiger partial charge on any atom is 0.155 e. The zero-order valence-electron chi connectivity index (χ0n) is 10.9. The number of rotatable bonds is 7. The summed E-state index contributed by atoms with van der Waals surface area (Å²) in [5.41, 5.74) is -0.342. The molecule has 4 nitrogen and oxygen atoms in total. The fourth-order valence-corrected chi connectivity index (χ4v) is 2.92. The van der Waals surface area contributed by atoms with Crippen molar-refractivity contribution >= 4 is 21.6 Å². The minimum atomic E-state index is -2.97. The van der Waals surface area contributed by atoms with Crippen molar-refractivity contribution in [3.63, 3.8) is 0 Å². The lowest BCUT2D eigenvalue weighted by atomic mass is 10.0. The van der Waals surface area contributed by atoms with Gasteiger partial charge in [-0.2, -0.15) is 0 Å². The highest BCUT2D eigenvalue weighted by molar-refractivity contribution is 7.91. The summed E-state index contributed by atoms with van der Waals surface area (Å²) >= 11 is 5.52. The van der Waals surface area contributed by atoms with E-state index in [1.807, 2.05) is 35.0 Å². The summed E-state index contributed by atoms with van der Waals surface area (Å²) in [6.45, 7) is 4.40. The molecule has 0 radical (unpaired) electrons. The molecule has 0 fully saturated rings. The third-order valence-corrected chi connectivity index (χ3v) is 4.51. The van der Waals surface area contributed by atoms with E-state index in [-0.39, 0.29) is 17.0 Å². The van der Waals surface area contributed by atoms with Crippen molar-refractivity contribution in [1.82, 2.24) is 4.84 Å². The molecule has 1 N–H and O–H groups in total. The van der Waals surface area contributed by atoms with Gasteiger partial charge in [-0.1, -0.05) is 0 Å². The molecule has 6 heteroatoms. The molecule has 0 bridgehead atoms. The Labute approximate surface area is 105 Å². The van der Waals surface area contributed by atoms with Gasteiger partial charge in [0, 0.05) is 5.54 Å². The number of quaternary nitrogens is 1. The van der Waals surface area contributed by atoms with Gasteiger partial charge in [-0.05, 0) is 32.0 Å². The predicted molar refractivity (Wildman–Crippen MR) is 69.2 cm³/mol. The van der Waals surface area contributed by atoms with E-state index < -0.39 is 9.84 Å². The summed E-state index contributed by atoms with van der Waals surface area (Å²) < 4.78 is 24.2. The topological polar surface area (TPSA) is 46.2 Å². The normalized spacial score (nSPS) is 14.1. The number of sulfone groups is 1. The molecule has 0 saturated heterocycles. The fourth-order valence-electron chi connectivity index (χ4n) is 0.973. The van der Waals surface area contributed by atoms with Crippen LogP contribution in [0.2, 0.25) is 0 Å². The van der Waals surface area contributed by atoms with Crippen LogP contribution in [0.3, 0.4) is 0 Å². The van der Waals surface area contributed by atoms with Gasteiger partial charge in [0.2, 0.25) is 0 Å². The van der Waals surface area contributed by atoms with E-state index in [9.17, 15) is 8.42 Å². The maximum atomic E-state index is 11.8. The number of hydrogen-bond acceptors (Lipinski definition) is 3. The molecule has 0 aliphatic carbocycles. The number of nitrogens with one attached hydrogen (secondary N) is 1. The lowest BCUT2D eigenvalue weighted by Gasteiger charge is -2.25. The molecule has 0 amide bonds. The van der Waals surface area contributed by atoms with E-state index >= 15 is 0 Å². The molecule has 98 valence electrons. The molecule has 0 saturated carbocycles. The highest BCUT2D eigenvalue weighted by Crippen LogP contribution is 2.11. The van der Waals surface area contributed by atoms with Gasteiger partial charge in [0.25, 0.3) is 0 Å². The molecule has 0 atom stereocenters. The van der Waals surface area contributed by atoms with Crippen molar-refractivity contribution in [3.8, 4) is 0 Å². The second kappa shape index (κ2) is 5.67. The summed E-state index contributed by atoms with van der Waals surface area (Å²) in [7, 11) is 2.99. The first-order valence-corrected chi connectivity index (χ1v) is 7.56. The van der Waals surface area contributed by atoms with Gasteiger partial charge in [-0.15, -0.1) is 0 Å². The second-order valence-corrected chi connectivity index (χ2v) is 8.39. The maximum absolute atomic E-state index is 11.8. The zero-order valence-corrected chi connectivity index (χ0v) is 12.5. The van der Waals surface area contributed by atoms with E-state index in [0.717, 1.165) is 0 Å². The Kier molecular flexibility index (Phi) is 5.72. The minimum absolute atomic E-state index is 0.180. The van der Waals surface area contributed by atoms with Crippen molar-refractivity contribution in [1.29, 1.82) is 0 Å². The molecular formula is C10H24ClN2O2S+. The highest BCUT2D eigenvalue weighted by Gasteiger charge is 2.22. The molecular weight excluding hydrogens is 248 g/mol. The van der Waals surface area contributed by atoms with Crippen LogP contribution in [-0.4, -0.2) is 57.6 Å². The van der Waals surface area contributed by atoms with Crippen LogP contribution in [0, 0.1) is 0 Å². The summed E-state index contributed by atoms with van der Waals surface area (Å²) in [6, 6.07) is 0. The fraction of sp³-hybridized carbons (Fsp3) is 1.00. The summed E-state index contributed by atoms with van der Waals surface area (Å²) in [4.78, 5) is 2.59. The Morgan fingerprint density at radius 3 is 2.06 bits per heavy atom. The van der Waals surface area contributed by atoms with Crippen LogP contribution in [0.5, 0.6) is 0 Å². The molecule has 0 aromatic carbocycles. The first-order chi connectivity index (χ1) is 6.97. The van der Waals surface area contributed by atoms with Crippen LogP contribution in [0.4, 0.5) is 0 Å². The largest absolute Gasteiger partial charge is 0.330 e. The third-order valence-electron chi connectivity index (χ3n) is 2.37. The van der Waals surface area contributed by atoms with Gasteiger partial charge in [-0.3, -0.25) is 0 Å². The zero-order chi connectivity index (χ0) is 13.0. The Bertz CT molecular complexity index is 307. The number of halogens is 1. The molecule has 0 aliphatic rings. The monoisotopic (exact) mass is 271 g/mol. The van der Waals surface area contributed by atoms with Crippen molar-refractivity contribution < 1.29 is 12.9 Å². The van der Waals surface area contributed by atoms with Crippen molar-refractivity contribution in [2.24, 2.45) is 0 Å². The second-order valence-electron chi connectivity index (χ2n) is 5.89. The first kappa shape index (κ1) is 16.2. The van der Waals surface area contributed by atoms with Gasteiger partial charge in [0.05, 0.1) is 39.2 Å². The van der Waals surface area contributed by atoms with E-state index in [1.165, 1.54) is 0 Å². The van der Waals surface area contributed by atoms with Crippen LogP contribution in [-0.2, 0) is 9.84 Å². The Balaban J connectivity index is 4.18. The Morgan fingerprint density at radius 1 is 1.19 bits per heavy atom. The highest BCUT2D eigenvalue weighted by atomic mass is 35.5. The summed E-state index contributed by atoms with van der Waals surface area (Å²) in [6.07, 6.45) is 0.524. The number of nitrogens with zero attached hydrogens (tertiary/aromatic N) is 1. The molecule has 0 aromatic heterocycles. The van der Waals surface area contributed by atoms with E-state index in [0.29, 0.717) is 17.4 Å². The average molecular weight is 272 g/mol. The summed E-state index contributed by atoms with van der Waals surface area (Å²) in [5.74, 6) is 0.411. The van der Waals surface area contributed by atoms with Gasteiger partial charge < -0.3 is 4.48 Å². The van der Waals surface area contributed by atoms with E-state index in [1.54, 1.807) is 0 Å². The van der Waals surface area contributed by atoms with Gasteiger partial charge in [0.1, 0.15) is 0 Å². The van der Waals surface area contributed by atoms with Crippen molar-refractivity contribution in [2.45, 2.75) is 25.8 Å². The Morgan fingerprint density at radius 2 is 1.69 bits per heavy atom. The minimum Gasteiger partial charge on any atom is -0.330 e. The van der Waals surface area contributed by atoms with Crippen LogP contribution >= 0.6 is 11.8 Å². The van der Waals surface area contributed by atoms with Crippen LogP contribution < -0.4 is 4.84 Å². The van der Waals surface area contributed by atoms with Gasteiger partial charge in [-0.25, -0.2) is 13.3 Å². The van der Waals surface area contributed by atoms with E-state index in [4.69, 9.17) is 11.8 Å². The SMILES string of the molecule is CC(C)(CCS(=O)(=O)CC[N+](C)(C)C)NCl. The van der Waals surface area contributed by atoms with Gasteiger partial charge >= 0.3 is 0 Å². The molecule has 0 heterocycles. The lowest BCUT2D eigenvalue weighted by Crippen LogP contribution is -2.40. The van der Waals surface area contributed by atoms with Crippen LogP contribution in [0.15, 0.2) is 0 Å². The van der Waals surface area contributed by atoms with Crippen molar-refractivity contribution in [3.05, 3.63) is 0 Å².